The normalized spacial score (nSPS) is 23.2. The van der Waals surface area contributed by atoms with Crippen molar-refractivity contribution in [1.29, 1.82) is 0 Å². The molecule has 0 bridgehead atoms. The molecule has 1 saturated carbocycles. The Balaban J connectivity index is 1.89. The summed E-state index contributed by atoms with van der Waals surface area (Å²) in [5, 5.41) is 4.88. The second-order valence-electron chi connectivity index (χ2n) is 5.05. The maximum absolute atomic E-state index is 5.89. The van der Waals surface area contributed by atoms with E-state index in [1.54, 1.807) is 0 Å². The van der Waals surface area contributed by atoms with Crippen LogP contribution < -0.4 is 5.32 Å². The molecule has 1 fully saturated rings. The van der Waals surface area contributed by atoms with Gasteiger partial charge in [0, 0.05) is 30.0 Å². The molecule has 3 rings (SSSR count). The third-order valence-electron chi connectivity index (χ3n) is 3.75. The lowest BCUT2D eigenvalue weighted by Crippen LogP contribution is -2.17. The molecule has 1 heterocycles. The first kappa shape index (κ1) is 10.8. The molecule has 2 heteroatoms. The summed E-state index contributed by atoms with van der Waals surface area (Å²) in [4.78, 5) is 0. The molecule has 0 saturated heterocycles. The summed E-state index contributed by atoms with van der Waals surface area (Å²) in [6, 6.07) is 9.04. The minimum Gasteiger partial charge on any atom is -0.461 e. The third-order valence-corrected chi connectivity index (χ3v) is 3.75. The monoisotopic (exact) mass is 229 g/mol. The molecule has 90 valence electrons. The van der Waals surface area contributed by atoms with Gasteiger partial charge in [-0.2, -0.15) is 0 Å². The number of furan rings is 1. The molecule has 2 aromatic rings. The summed E-state index contributed by atoms with van der Waals surface area (Å²) >= 11 is 0. The minimum atomic E-state index is 0.716. The molecule has 1 aliphatic carbocycles. The van der Waals surface area contributed by atoms with Crippen LogP contribution >= 0.6 is 0 Å². The van der Waals surface area contributed by atoms with Crippen LogP contribution in [0.4, 0.5) is 0 Å². The van der Waals surface area contributed by atoms with E-state index in [-0.39, 0.29) is 0 Å². The van der Waals surface area contributed by atoms with Crippen LogP contribution in [0.3, 0.4) is 0 Å². The zero-order valence-electron chi connectivity index (χ0n) is 10.5. The predicted octanol–water partition coefficient (Wildman–Crippen LogP) is 3.49. The van der Waals surface area contributed by atoms with Gasteiger partial charge in [-0.1, -0.05) is 32.0 Å². The van der Waals surface area contributed by atoms with Gasteiger partial charge in [0.05, 0.1) is 0 Å². The molecule has 1 N–H and O–H groups in total. The molecular formula is C15H19NO. The maximum Gasteiger partial charge on any atom is 0.134 e. The quantitative estimate of drug-likeness (QED) is 0.868. The van der Waals surface area contributed by atoms with E-state index in [9.17, 15) is 0 Å². The maximum atomic E-state index is 5.89. The lowest BCUT2D eigenvalue weighted by molar-refractivity contribution is 0.542. The molecule has 0 radical (unpaired) electrons. The first-order valence-corrected chi connectivity index (χ1v) is 6.52. The van der Waals surface area contributed by atoms with E-state index in [2.05, 4.69) is 37.4 Å². The molecule has 2 atom stereocenters. The van der Waals surface area contributed by atoms with Crippen molar-refractivity contribution in [1.82, 2.24) is 5.32 Å². The molecule has 1 aromatic heterocycles. The molecule has 0 spiro atoms. The Kier molecular flexibility index (Phi) is 2.67. The first-order valence-electron chi connectivity index (χ1n) is 6.52. The van der Waals surface area contributed by atoms with E-state index in [0.717, 1.165) is 30.2 Å². The Morgan fingerprint density at radius 3 is 2.82 bits per heavy atom. The van der Waals surface area contributed by atoms with E-state index < -0.39 is 0 Å². The first-order chi connectivity index (χ1) is 8.29. The van der Waals surface area contributed by atoms with Crippen molar-refractivity contribution in [2.45, 2.75) is 39.3 Å². The van der Waals surface area contributed by atoms with Gasteiger partial charge in [0.2, 0.25) is 0 Å². The molecule has 2 nitrogen and oxygen atoms in total. The van der Waals surface area contributed by atoms with E-state index >= 15 is 0 Å². The van der Waals surface area contributed by atoms with Crippen molar-refractivity contribution < 1.29 is 4.42 Å². The number of para-hydroxylation sites is 1. The van der Waals surface area contributed by atoms with Crippen molar-refractivity contribution in [3.8, 4) is 0 Å². The molecule has 0 amide bonds. The number of hydrogen-bond acceptors (Lipinski definition) is 2. The molecule has 1 aromatic carbocycles. The van der Waals surface area contributed by atoms with E-state index in [0.29, 0.717) is 6.04 Å². The highest BCUT2D eigenvalue weighted by Gasteiger charge is 2.32. The fourth-order valence-electron chi connectivity index (χ4n) is 2.47. The van der Waals surface area contributed by atoms with Crippen LogP contribution in [0.15, 0.2) is 28.7 Å². The fourth-order valence-corrected chi connectivity index (χ4v) is 2.47. The Hall–Kier alpha value is -1.28. The lowest BCUT2D eigenvalue weighted by Gasteiger charge is -2.03. The van der Waals surface area contributed by atoms with E-state index in [1.807, 2.05) is 6.07 Å². The average Bonchev–Trinajstić information content (AvgIpc) is 2.93. The number of rotatable bonds is 4. The van der Waals surface area contributed by atoms with Gasteiger partial charge in [0.25, 0.3) is 0 Å². The van der Waals surface area contributed by atoms with Gasteiger partial charge in [-0.15, -0.1) is 0 Å². The second kappa shape index (κ2) is 4.19. The Bertz CT molecular complexity index is 529. The number of benzene rings is 1. The summed E-state index contributed by atoms with van der Waals surface area (Å²) in [5.74, 6) is 1.98. The zero-order valence-corrected chi connectivity index (χ0v) is 10.5. The highest BCUT2D eigenvalue weighted by atomic mass is 16.3. The minimum absolute atomic E-state index is 0.716. The van der Waals surface area contributed by atoms with Gasteiger partial charge in [-0.05, 0) is 18.4 Å². The average molecular weight is 229 g/mol. The number of aryl methyl sites for hydroxylation is 1. The van der Waals surface area contributed by atoms with Crippen LogP contribution in [-0.2, 0) is 13.0 Å². The summed E-state index contributed by atoms with van der Waals surface area (Å²) < 4.78 is 5.89. The van der Waals surface area contributed by atoms with Crippen LogP contribution in [0.5, 0.6) is 0 Å². The summed E-state index contributed by atoms with van der Waals surface area (Å²) in [7, 11) is 0. The molecular weight excluding hydrogens is 210 g/mol. The molecule has 0 aliphatic heterocycles. The van der Waals surface area contributed by atoms with Gasteiger partial charge < -0.3 is 9.73 Å². The molecule has 17 heavy (non-hydrogen) atoms. The summed E-state index contributed by atoms with van der Waals surface area (Å²) in [6.45, 7) is 5.39. The summed E-state index contributed by atoms with van der Waals surface area (Å²) in [5.41, 5.74) is 2.37. The van der Waals surface area contributed by atoms with Crippen LogP contribution in [0.2, 0.25) is 0 Å². The van der Waals surface area contributed by atoms with Crippen molar-refractivity contribution in [2.24, 2.45) is 5.92 Å². The number of fused-ring (bicyclic) bond motifs is 1. The Morgan fingerprint density at radius 1 is 1.35 bits per heavy atom. The van der Waals surface area contributed by atoms with Gasteiger partial charge >= 0.3 is 0 Å². The highest BCUT2D eigenvalue weighted by molar-refractivity contribution is 5.82. The lowest BCUT2D eigenvalue weighted by atomic mass is 10.1. The summed E-state index contributed by atoms with van der Waals surface area (Å²) in [6.07, 6.45) is 2.28. The van der Waals surface area contributed by atoms with Crippen LogP contribution in [0.1, 0.15) is 31.6 Å². The smallest absolute Gasteiger partial charge is 0.134 e. The number of hydrogen-bond donors (Lipinski definition) is 1. The fraction of sp³-hybridized carbons (Fsp3) is 0.467. The van der Waals surface area contributed by atoms with Gasteiger partial charge in [-0.25, -0.2) is 0 Å². The van der Waals surface area contributed by atoms with Crippen molar-refractivity contribution in [3.05, 3.63) is 35.6 Å². The van der Waals surface area contributed by atoms with E-state index in [4.69, 9.17) is 4.42 Å². The van der Waals surface area contributed by atoms with Crippen molar-refractivity contribution in [3.63, 3.8) is 0 Å². The Labute approximate surface area is 102 Å². The van der Waals surface area contributed by atoms with Crippen LogP contribution in [0.25, 0.3) is 11.0 Å². The van der Waals surface area contributed by atoms with Crippen LogP contribution in [-0.4, -0.2) is 6.04 Å². The van der Waals surface area contributed by atoms with Gasteiger partial charge in [0.15, 0.2) is 0 Å². The van der Waals surface area contributed by atoms with Crippen LogP contribution in [0, 0.1) is 5.92 Å². The highest BCUT2D eigenvalue weighted by Crippen LogP contribution is 2.31. The standard InChI is InChI=1S/C15H19NO/c1-3-14-12(9-16-13-8-10(13)2)11-6-4-5-7-15(11)17-14/h4-7,10,13,16H,3,8-9H2,1-2H3. The molecule has 1 aliphatic rings. The third kappa shape index (κ3) is 1.98. The van der Waals surface area contributed by atoms with Gasteiger partial charge in [0.1, 0.15) is 11.3 Å². The number of nitrogens with one attached hydrogen (secondary N) is 1. The largest absolute Gasteiger partial charge is 0.461 e. The SMILES string of the molecule is CCc1oc2ccccc2c1CNC1CC1C. The topological polar surface area (TPSA) is 25.2 Å². The van der Waals surface area contributed by atoms with Gasteiger partial charge in [-0.3, -0.25) is 0 Å². The Morgan fingerprint density at radius 2 is 2.12 bits per heavy atom. The van der Waals surface area contributed by atoms with Crippen molar-refractivity contribution in [2.75, 3.05) is 0 Å². The van der Waals surface area contributed by atoms with Crippen molar-refractivity contribution >= 4 is 11.0 Å². The second-order valence-corrected chi connectivity index (χ2v) is 5.05. The predicted molar refractivity (Wildman–Crippen MR) is 70.0 cm³/mol. The zero-order chi connectivity index (χ0) is 11.8. The molecule has 2 unspecified atom stereocenters. The van der Waals surface area contributed by atoms with E-state index in [1.165, 1.54) is 17.4 Å².